The minimum Gasteiger partial charge on any atom is -0.466 e. The maximum atomic E-state index is 12.6. The third-order valence-corrected chi connectivity index (χ3v) is 20.3. The molecular weight excluding hydrogens is 1130 g/mol. The molecule has 0 aliphatic rings. The van der Waals surface area contributed by atoms with Crippen LogP contribution in [0.1, 0.15) is 489 Å². The molecule has 2 atom stereocenters. The van der Waals surface area contributed by atoms with Gasteiger partial charge in [-0.3, -0.25) is 9.59 Å². The number of ether oxygens (including phenoxy) is 1. The van der Waals surface area contributed by atoms with Gasteiger partial charge in [-0.15, -0.1) is 0 Å². The van der Waals surface area contributed by atoms with Crippen LogP contribution in [-0.2, 0) is 14.3 Å². The van der Waals surface area contributed by atoms with Crippen LogP contribution in [0, 0.1) is 0 Å². The Morgan fingerprint density at radius 3 is 0.848 bits per heavy atom. The van der Waals surface area contributed by atoms with Gasteiger partial charge in [-0.2, -0.15) is 0 Å². The van der Waals surface area contributed by atoms with E-state index in [1.807, 2.05) is 0 Å². The second-order valence-electron chi connectivity index (χ2n) is 29.5. The zero-order valence-corrected chi connectivity index (χ0v) is 62.8. The zero-order chi connectivity index (χ0) is 66.3. The Morgan fingerprint density at radius 2 is 0.543 bits per heavy atom. The number of allylic oxidation sites excluding steroid dienone is 4. The van der Waals surface area contributed by atoms with Crippen LogP contribution in [0.2, 0.25) is 0 Å². The molecule has 92 heavy (non-hydrogen) atoms. The first-order valence-corrected chi connectivity index (χ1v) is 42.6. The normalized spacial score (nSPS) is 12.5. The molecule has 0 heterocycles. The fourth-order valence-electron chi connectivity index (χ4n) is 13.8. The van der Waals surface area contributed by atoms with Crippen molar-refractivity contribution >= 4 is 11.9 Å². The molecule has 1 amide bonds. The number of aliphatic hydroxyl groups is 2. The Hall–Kier alpha value is -1.66. The first-order chi connectivity index (χ1) is 45.5. The third-order valence-electron chi connectivity index (χ3n) is 20.3. The summed E-state index contributed by atoms with van der Waals surface area (Å²) in [5.74, 6) is -0.0136. The van der Waals surface area contributed by atoms with Crippen molar-refractivity contribution in [2.45, 2.75) is 501 Å². The lowest BCUT2D eigenvalue weighted by molar-refractivity contribution is -0.143. The number of aliphatic hydroxyl groups excluding tert-OH is 2. The lowest BCUT2D eigenvalue weighted by Gasteiger charge is -2.22. The van der Waals surface area contributed by atoms with Gasteiger partial charge in [0.2, 0.25) is 5.91 Å². The fraction of sp³-hybridized carbons (Fsp3) is 0.930. The van der Waals surface area contributed by atoms with Gasteiger partial charge in [0.25, 0.3) is 0 Å². The van der Waals surface area contributed by atoms with E-state index in [0.29, 0.717) is 25.9 Å². The topological polar surface area (TPSA) is 95.9 Å². The van der Waals surface area contributed by atoms with Crippen LogP contribution in [0.4, 0.5) is 0 Å². The number of carbonyl (C=O) groups is 2. The van der Waals surface area contributed by atoms with Gasteiger partial charge in [0.1, 0.15) is 0 Å². The highest BCUT2D eigenvalue weighted by Crippen LogP contribution is 2.21. The van der Waals surface area contributed by atoms with E-state index in [9.17, 15) is 19.8 Å². The summed E-state index contributed by atoms with van der Waals surface area (Å²) in [7, 11) is 0. The minimum absolute atomic E-state index is 0.00962. The van der Waals surface area contributed by atoms with Crippen molar-refractivity contribution in [3.8, 4) is 0 Å². The zero-order valence-electron chi connectivity index (χ0n) is 62.8. The molecule has 0 fully saturated rings. The second kappa shape index (κ2) is 81.8. The maximum Gasteiger partial charge on any atom is 0.305 e. The largest absolute Gasteiger partial charge is 0.466 e. The molecule has 0 radical (unpaired) electrons. The molecule has 0 spiro atoms. The van der Waals surface area contributed by atoms with Crippen LogP contribution in [0.3, 0.4) is 0 Å². The van der Waals surface area contributed by atoms with Gasteiger partial charge in [0.15, 0.2) is 0 Å². The molecule has 0 saturated carbocycles. The Labute approximate surface area is 577 Å². The van der Waals surface area contributed by atoms with Crippen molar-refractivity contribution in [2.75, 3.05) is 13.2 Å². The number of hydrogen-bond acceptors (Lipinski definition) is 5. The molecule has 2 unspecified atom stereocenters. The van der Waals surface area contributed by atoms with Gasteiger partial charge in [0, 0.05) is 12.8 Å². The van der Waals surface area contributed by atoms with E-state index in [0.717, 1.165) is 51.4 Å². The van der Waals surface area contributed by atoms with Crippen molar-refractivity contribution in [3.05, 3.63) is 24.3 Å². The van der Waals surface area contributed by atoms with E-state index >= 15 is 0 Å². The number of carbonyl (C=O) groups excluding carboxylic acids is 2. The number of esters is 1. The molecule has 0 aliphatic heterocycles. The van der Waals surface area contributed by atoms with Gasteiger partial charge in [0.05, 0.1) is 25.4 Å². The molecule has 0 aromatic carbocycles. The van der Waals surface area contributed by atoms with Gasteiger partial charge >= 0.3 is 5.97 Å². The average molecular weight is 1300 g/mol. The minimum atomic E-state index is -0.662. The van der Waals surface area contributed by atoms with E-state index in [-0.39, 0.29) is 18.5 Å². The van der Waals surface area contributed by atoms with Crippen LogP contribution in [0.25, 0.3) is 0 Å². The smallest absolute Gasteiger partial charge is 0.305 e. The van der Waals surface area contributed by atoms with Crippen molar-refractivity contribution in [1.82, 2.24) is 5.32 Å². The van der Waals surface area contributed by atoms with Crippen molar-refractivity contribution in [1.29, 1.82) is 0 Å². The second-order valence-corrected chi connectivity index (χ2v) is 29.5. The summed E-state index contributed by atoms with van der Waals surface area (Å²) in [6.07, 6.45) is 106. The molecule has 6 nitrogen and oxygen atoms in total. The highest BCUT2D eigenvalue weighted by atomic mass is 16.5. The van der Waals surface area contributed by atoms with Crippen molar-refractivity contribution < 1.29 is 24.5 Å². The van der Waals surface area contributed by atoms with E-state index < -0.39 is 12.1 Å². The summed E-state index contributed by atoms with van der Waals surface area (Å²) in [6.45, 7) is 4.98. The van der Waals surface area contributed by atoms with Crippen LogP contribution in [-0.4, -0.2) is 47.4 Å². The Morgan fingerprint density at radius 1 is 0.304 bits per heavy atom. The Balaban J connectivity index is 3.32. The molecule has 6 heteroatoms. The monoisotopic (exact) mass is 1290 g/mol. The molecule has 0 saturated heterocycles. The van der Waals surface area contributed by atoms with Crippen molar-refractivity contribution in [2.24, 2.45) is 0 Å². The summed E-state index contributed by atoms with van der Waals surface area (Å²) in [5, 5.41) is 23.5. The number of amides is 1. The summed E-state index contributed by atoms with van der Waals surface area (Å²) >= 11 is 0. The molecule has 3 N–H and O–H groups in total. The summed E-state index contributed by atoms with van der Waals surface area (Å²) in [6, 6.07) is -0.539. The van der Waals surface area contributed by atoms with Crippen LogP contribution >= 0.6 is 0 Å². The maximum absolute atomic E-state index is 12.6. The van der Waals surface area contributed by atoms with E-state index in [1.54, 1.807) is 0 Å². The average Bonchev–Trinajstić information content (AvgIpc) is 3.57. The summed E-state index contributed by atoms with van der Waals surface area (Å²) < 4.78 is 5.50. The van der Waals surface area contributed by atoms with Crippen LogP contribution in [0.15, 0.2) is 24.3 Å². The number of nitrogens with one attached hydrogen (secondary N) is 1. The molecular formula is C86H167NO5. The fourth-order valence-corrected chi connectivity index (χ4v) is 13.8. The molecule has 0 aromatic rings. The van der Waals surface area contributed by atoms with E-state index in [4.69, 9.17) is 4.74 Å². The summed E-state index contributed by atoms with van der Waals surface area (Å²) in [5.41, 5.74) is 0. The summed E-state index contributed by atoms with van der Waals surface area (Å²) in [4.78, 5) is 24.7. The van der Waals surface area contributed by atoms with E-state index in [2.05, 4.69) is 43.5 Å². The van der Waals surface area contributed by atoms with Gasteiger partial charge in [-0.05, 0) is 57.8 Å². The lowest BCUT2D eigenvalue weighted by atomic mass is 10.0. The van der Waals surface area contributed by atoms with Gasteiger partial charge in [-0.1, -0.05) is 443 Å². The van der Waals surface area contributed by atoms with Gasteiger partial charge in [-0.25, -0.2) is 0 Å². The predicted molar refractivity (Wildman–Crippen MR) is 407 cm³/mol. The molecule has 546 valence electrons. The predicted octanol–water partition coefficient (Wildman–Crippen LogP) is 28.4. The first kappa shape index (κ1) is 90.3. The lowest BCUT2D eigenvalue weighted by Crippen LogP contribution is -2.45. The number of hydrogen-bond donors (Lipinski definition) is 3. The number of rotatable bonds is 81. The quantitative estimate of drug-likeness (QED) is 0.0320. The van der Waals surface area contributed by atoms with Gasteiger partial charge < -0.3 is 20.3 Å². The molecule has 0 aromatic heterocycles. The van der Waals surface area contributed by atoms with Crippen LogP contribution < -0.4 is 5.32 Å². The first-order valence-electron chi connectivity index (χ1n) is 42.6. The molecule has 0 aliphatic carbocycles. The highest BCUT2D eigenvalue weighted by molar-refractivity contribution is 5.76. The SMILES string of the molecule is CCCCC/C=C\C/C=C\CCCCCCCC(=O)OCCCCCCCCCCCCCCCCCCCCCCCCCCCCCCCCCCCCCC(=O)NC(CO)C(O)CCCCCCCCCCCCCCCCCCCCCCCCCCC. The third kappa shape index (κ3) is 77.3. The Bertz CT molecular complexity index is 1450. The van der Waals surface area contributed by atoms with Crippen LogP contribution in [0.5, 0.6) is 0 Å². The Kier molecular flexibility index (Phi) is 80.3. The molecule has 0 rings (SSSR count). The number of unbranched alkanes of at least 4 members (excludes halogenated alkanes) is 66. The highest BCUT2D eigenvalue weighted by Gasteiger charge is 2.20. The standard InChI is InChI=1S/C86H167NO5/c1-3-5-7-9-11-13-15-17-19-20-21-22-23-35-38-41-44-47-51-54-58-62-66-70-74-78-84(89)83(82-88)87-85(90)79-75-71-67-63-59-55-52-48-45-42-39-36-33-31-29-27-25-24-26-28-30-32-34-37-40-43-46-49-53-57-61-65-69-73-77-81-92-86(91)80-76-72-68-64-60-56-50-18-16-14-12-10-8-6-4-2/h12,14,18,50,83-84,88-89H,3-11,13,15-17,19-49,51-82H2,1-2H3,(H,87,90)/b14-12-,50-18-. The van der Waals surface area contributed by atoms with Crippen molar-refractivity contribution in [3.63, 3.8) is 0 Å². The molecule has 0 bridgehead atoms. The van der Waals surface area contributed by atoms with E-state index in [1.165, 1.54) is 405 Å².